The first-order valence-corrected chi connectivity index (χ1v) is 8.82. The van der Waals surface area contributed by atoms with Crippen molar-refractivity contribution < 1.29 is 9.53 Å². The van der Waals surface area contributed by atoms with Crippen LogP contribution in [0.1, 0.15) is 80.1 Å². The van der Waals surface area contributed by atoms with Crippen LogP contribution >= 0.6 is 0 Å². The number of unbranched alkanes of at least 4 members (excludes halogenated alkanes) is 1. The third-order valence-electron chi connectivity index (χ3n) is 4.70. The van der Waals surface area contributed by atoms with Gasteiger partial charge in [0.1, 0.15) is 6.23 Å². The van der Waals surface area contributed by atoms with Crippen LogP contribution in [0.2, 0.25) is 0 Å². The van der Waals surface area contributed by atoms with Gasteiger partial charge in [0, 0.05) is 23.9 Å². The Morgan fingerprint density at radius 3 is 2.27 bits per heavy atom. The molecule has 2 heterocycles. The Balaban J connectivity index is 1.96. The molecule has 2 saturated heterocycles. The van der Waals surface area contributed by atoms with Crippen LogP contribution in [0.15, 0.2) is 0 Å². The van der Waals surface area contributed by atoms with Crippen molar-refractivity contribution in [3.8, 4) is 0 Å². The van der Waals surface area contributed by atoms with Crippen molar-refractivity contribution in [3.63, 3.8) is 0 Å². The van der Waals surface area contributed by atoms with Crippen LogP contribution in [0.4, 0.5) is 0 Å². The summed E-state index contributed by atoms with van der Waals surface area (Å²) in [7, 11) is 0. The van der Waals surface area contributed by atoms with Crippen molar-refractivity contribution in [3.05, 3.63) is 0 Å². The third kappa shape index (κ3) is 4.23. The van der Waals surface area contributed by atoms with Crippen LogP contribution in [0.25, 0.3) is 0 Å². The van der Waals surface area contributed by atoms with Gasteiger partial charge in [0.15, 0.2) is 5.60 Å². The molecule has 1 unspecified atom stereocenters. The molecule has 2 N–H and O–H groups in total. The normalized spacial score (nSPS) is 29.0. The van der Waals surface area contributed by atoms with E-state index in [-0.39, 0.29) is 23.2 Å². The van der Waals surface area contributed by atoms with Gasteiger partial charge in [-0.15, -0.1) is 0 Å². The van der Waals surface area contributed by atoms with Gasteiger partial charge in [0.05, 0.1) is 0 Å². The summed E-state index contributed by atoms with van der Waals surface area (Å²) in [5.74, 6) is 0.834. The fraction of sp³-hybridized carbons (Fsp3) is 0.944. The van der Waals surface area contributed by atoms with E-state index in [9.17, 15) is 4.79 Å². The Morgan fingerprint density at radius 1 is 1.14 bits per heavy atom. The predicted molar refractivity (Wildman–Crippen MR) is 89.6 cm³/mol. The highest BCUT2D eigenvalue weighted by atomic mass is 16.5. The zero-order chi connectivity index (χ0) is 16.6. The number of nitrogens with one attached hydrogen (secondary N) is 2. The molecule has 0 aromatic heterocycles. The van der Waals surface area contributed by atoms with Crippen LogP contribution in [-0.2, 0) is 9.53 Å². The molecule has 0 bridgehead atoms. The molecule has 2 aliphatic rings. The third-order valence-corrected chi connectivity index (χ3v) is 4.70. The van der Waals surface area contributed by atoms with Gasteiger partial charge in [-0.05, 0) is 46.5 Å². The molecule has 1 spiro atoms. The standard InChI is InChI=1S/C18H34N2O2/c1-13(2)9-7-8-10-14-19-15(21)18(22-14)11-16(3,4)20-17(5,6)12-18/h13-14,20H,7-12H2,1-6H3,(H,19,21). The lowest BCUT2D eigenvalue weighted by atomic mass is 9.72. The molecule has 22 heavy (non-hydrogen) atoms. The zero-order valence-electron chi connectivity index (χ0n) is 15.2. The maximum Gasteiger partial charge on any atom is 0.254 e. The average Bonchev–Trinajstić information content (AvgIpc) is 2.56. The molecule has 0 aromatic carbocycles. The van der Waals surface area contributed by atoms with E-state index in [4.69, 9.17) is 4.74 Å². The number of hydrogen-bond donors (Lipinski definition) is 2. The molecule has 4 nitrogen and oxygen atoms in total. The van der Waals surface area contributed by atoms with Crippen molar-refractivity contribution in [2.45, 2.75) is 103 Å². The van der Waals surface area contributed by atoms with E-state index in [1.807, 2.05) is 0 Å². The minimum atomic E-state index is -0.652. The van der Waals surface area contributed by atoms with Gasteiger partial charge in [0.2, 0.25) is 0 Å². The summed E-state index contributed by atoms with van der Waals surface area (Å²) in [5, 5.41) is 6.71. The highest BCUT2D eigenvalue weighted by Gasteiger charge is 2.56. The second-order valence-corrected chi connectivity index (χ2v) is 9.00. The van der Waals surface area contributed by atoms with Crippen molar-refractivity contribution >= 4 is 5.91 Å². The average molecular weight is 310 g/mol. The van der Waals surface area contributed by atoms with Crippen molar-refractivity contribution in [1.82, 2.24) is 10.6 Å². The maximum absolute atomic E-state index is 12.6. The summed E-state index contributed by atoms with van der Waals surface area (Å²) in [6, 6.07) is 0. The molecule has 0 aliphatic carbocycles. The summed E-state index contributed by atoms with van der Waals surface area (Å²) < 4.78 is 6.28. The summed E-state index contributed by atoms with van der Waals surface area (Å²) >= 11 is 0. The number of carbonyl (C=O) groups excluding carboxylic acids is 1. The van der Waals surface area contributed by atoms with E-state index in [1.165, 1.54) is 12.8 Å². The van der Waals surface area contributed by atoms with Crippen molar-refractivity contribution in [1.29, 1.82) is 0 Å². The summed E-state index contributed by atoms with van der Waals surface area (Å²) in [5.41, 5.74) is -0.835. The van der Waals surface area contributed by atoms with Gasteiger partial charge < -0.3 is 15.4 Å². The molecule has 2 fully saturated rings. The van der Waals surface area contributed by atoms with E-state index < -0.39 is 5.60 Å². The number of hydrogen-bond acceptors (Lipinski definition) is 3. The van der Waals surface area contributed by atoms with Crippen LogP contribution in [0, 0.1) is 5.92 Å². The largest absolute Gasteiger partial charge is 0.342 e. The fourth-order valence-electron chi connectivity index (χ4n) is 4.39. The summed E-state index contributed by atoms with van der Waals surface area (Å²) in [6.07, 6.45) is 5.85. The Bertz CT molecular complexity index is 399. The Hall–Kier alpha value is -0.610. The van der Waals surface area contributed by atoms with Crippen LogP contribution < -0.4 is 10.6 Å². The van der Waals surface area contributed by atoms with Gasteiger partial charge in [0.25, 0.3) is 5.91 Å². The first-order chi connectivity index (χ1) is 10.0. The molecule has 0 radical (unpaired) electrons. The number of ether oxygens (including phenoxy) is 1. The minimum absolute atomic E-state index is 0.0870. The van der Waals surface area contributed by atoms with Gasteiger partial charge in [-0.2, -0.15) is 0 Å². The first kappa shape index (κ1) is 17.7. The number of rotatable bonds is 5. The molecular weight excluding hydrogens is 276 g/mol. The quantitative estimate of drug-likeness (QED) is 0.766. The van der Waals surface area contributed by atoms with Crippen molar-refractivity contribution in [2.24, 2.45) is 5.92 Å². The second kappa shape index (κ2) is 6.12. The van der Waals surface area contributed by atoms with Crippen LogP contribution in [0.3, 0.4) is 0 Å². The molecule has 0 aromatic rings. The molecule has 128 valence electrons. The Morgan fingerprint density at radius 2 is 1.73 bits per heavy atom. The van der Waals surface area contributed by atoms with E-state index in [2.05, 4.69) is 52.2 Å². The summed E-state index contributed by atoms with van der Waals surface area (Å²) in [6.45, 7) is 13.1. The van der Waals surface area contributed by atoms with Gasteiger partial charge >= 0.3 is 0 Å². The molecule has 4 heteroatoms. The number of carbonyl (C=O) groups is 1. The predicted octanol–water partition coefficient (Wildman–Crippen LogP) is 3.35. The highest BCUT2D eigenvalue weighted by molar-refractivity contribution is 5.87. The molecule has 1 amide bonds. The zero-order valence-corrected chi connectivity index (χ0v) is 15.2. The second-order valence-electron chi connectivity index (χ2n) is 9.00. The van der Waals surface area contributed by atoms with E-state index in [0.717, 1.165) is 31.6 Å². The minimum Gasteiger partial charge on any atom is -0.342 e. The van der Waals surface area contributed by atoms with Gasteiger partial charge in [-0.1, -0.05) is 26.7 Å². The topological polar surface area (TPSA) is 50.4 Å². The lowest BCUT2D eigenvalue weighted by molar-refractivity contribution is -0.146. The number of amides is 1. The lowest BCUT2D eigenvalue weighted by Crippen LogP contribution is -2.65. The van der Waals surface area contributed by atoms with Gasteiger partial charge in [-0.25, -0.2) is 0 Å². The molecule has 1 atom stereocenters. The number of piperidine rings is 1. The Kier molecular flexibility index (Phi) is 4.94. The maximum atomic E-state index is 12.6. The van der Waals surface area contributed by atoms with E-state index >= 15 is 0 Å². The van der Waals surface area contributed by atoms with E-state index in [0.29, 0.717) is 0 Å². The van der Waals surface area contributed by atoms with Crippen LogP contribution in [0.5, 0.6) is 0 Å². The monoisotopic (exact) mass is 310 g/mol. The SMILES string of the molecule is CC(C)CCCCC1NC(=O)C2(CC(C)(C)NC(C)(C)C2)O1. The smallest absolute Gasteiger partial charge is 0.254 e. The highest BCUT2D eigenvalue weighted by Crippen LogP contribution is 2.42. The van der Waals surface area contributed by atoms with Crippen molar-refractivity contribution in [2.75, 3.05) is 0 Å². The van der Waals surface area contributed by atoms with Gasteiger partial charge in [-0.3, -0.25) is 4.79 Å². The Labute approximate surface area is 135 Å². The van der Waals surface area contributed by atoms with E-state index in [1.54, 1.807) is 0 Å². The molecule has 2 rings (SSSR count). The lowest BCUT2D eigenvalue weighted by Gasteiger charge is -2.49. The first-order valence-electron chi connectivity index (χ1n) is 8.82. The molecule has 2 aliphatic heterocycles. The van der Waals surface area contributed by atoms with Crippen LogP contribution in [-0.4, -0.2) is 28.8 Å². The summed E-state index contributed by atoms with van der Waals surface area (Å²) in [4.78, 5) is 12.6. The molecule has 0 saturated carbocycles. The fourth-order valence-corrected chi connectivity index (χ4v) is 4.39. The molecular formula is C18H34N2O2.